The summed E-state index contributed by atoms with van der Waals surface area (Å²) >= 11 is 0. The van der Waals surface area contributed by atoms with Crippen LogP contribution in [-0.4, -0.2) is 91.3 Å². The number of amides is 2. The minimum absolute atomic E-state index is 0.0766. The summed E-state index contributed by atoms with van der Waals surface area (Å²) in [7, 11) is 2.79. The molecule has 0 radical (unpaired) electrons. The Kier molecular flexibility index (Phi) is 7.11. The van der Waals surface area contributed by atoms with Crippen LogP contribution in [0.4, 0.5) is 0 Å². The second kappa shape index (κ2) is 11.0. The molecule has 1 N–H and O–H groups in total. The predicted molar refractivity (Wildman–Crippen MR) is 188 cm³/mol. The van der Waals surface area contributed by atoms with E-state index in [1.165, 1.54) is 44.5 Å². The maximum Gasteiger partial charge on any atom is 0.303 e. The van der Waals surface area contributed by atoms with Gasteiger partial charge in [-0.3, -0.25) is 14.5 Å². The second-order valence-electron chi connectivity index (χ2n) is 15.8. The van der Waals surface area contributed by atoms with Crippen LogP contribution in [-0.2, 0) is 21.5 Å². The molecule has 49 heavy (non-hydrogen) atoms. The summed E-state index contributed by atoms with van der Waals surface area (Å²) in [5, 5.41) is 1.09. The zero-order valence-electron chi connectivity index (χ0n) is 28.9. The van der Waals surface area contributed by atoms with Crippen molar-refractivity contribution < 1.29 is 22.7 Å². The number of aromatic nitrogens is 1. The minimum Gasteiger partial charge on any atom is -0.497 e. The van der Waals surface area contributed by atoms with Gasteiger partial charge in [0.05, 0.1) is 18.2 Å². The van der Waals surface area contributed by atoms with Gasteiger partial charge in [-0.05, 0) is 99.4 Å². The summed E-state index contributed by atoms with van der Waals surface area (Å²) in [6.07, 6.45) is 11.0. The summed E-state index contributed by atoms with van der Waals surface area (Å²) < 4.78 is 36.6. The van der Waals surface area contributed by atoms with Crippen LogP contribution < -0.4 is 9.46 Å². The molecular weight excluding hydrogens is 639 g/mol. The summed E-state index contributed by atoms with van der Waals surface area (Å²) in [5.74, 6) is 0.871. The number of nitrogens with zero attached hydrogens (tertiary/aromatic N) is 4. The minimum atomic E-state index is -3.97. The number of carbonyl (C=O) groups excluding carboxylic acids is 2. The second-order valence-corrected chi connectivity index (χ2v) is 17.7. The molecule has 260 valence electrons. The first-order valence-corrected chi connectivity index (χ1v) is 19.6. The first-order valence-electron chi connectivity index (χ1n) is 18.2. The molecular formula is C38H47N5O5S. The molecule has 4 unspecified atom stereocenters. The van der Waals surface area contributed by atoms with Crippen LogP contribution in [0.5, 0.6) is 5.75 Å². The highest BCUT2D eigenvalue weighted by molar-refractivity contribution is 7.87. The lowest BCUT2D eigenvalue weighted by atomic mass is 9.81. The van der Waals surface area contributed by atoms with Gasteiger partial charge >= 0.3 is 10.2 Å². The van der Waals surface area contributed by atoms with Crippen LogP contribution in [0.2, 0.25) is 0 Å². The topological polar surface area (TPSA) is 104 Å². The number of ether oxygens (including phenoxy) is 1. The number of rotatable bonds is 6. The molecule has 3 saturated heterocycles. The van der Waals surface area contributed by atoms with Crippen molar-refractivity contribution in [2.45, 2.75) is 107 Å². The van der Waals surface area contributed by atoms with Crippen LogP contribution in [0.25, 0.3) is 22.2 Å². The Morgan fingerprint density at radius 1 is 0.918 bits per heavy atom. The van der Waals surface area contributed by atoms with Gasteiger partial charge in [-0.15, -0.1) is 0 Å². The van der Waals surface area contributed by atoms with E-state index in [4.69, 9.17) is 4.74 Å². The average molecular weight is 686 g/mol. The van der Waals surface area contributed by atoms with Crippen LogP contribution in [0.15, 0.2) is 36.4 Å². The smallest absolute Gasteiger partial charge is 0.303 e. The quantitative estimate of drug-likeness (QED) is 0.382. The first-order chi connectivity index (χ1) is 23.5. The fraction of sp³-hybridized carbons (Fsp3) is 0.579. The highest BCUT2D eigenvalue weighted by Gasteiger charge is 2.67. The van der Waals surface area contributed by atoms with Gasteiger partial charge < -0.3 is 14.2 Å². The molecule has 11 heteroatoms. The van der Waals surface area contributed by atoms with E-state index in [0.29, 0.717) is 30.5 Å². The maximum atomic E-state index is 15.3. The van der Waals surface area contributed by atoms with E-state index in [0.717, 1.165) is 77.2 Å². The van der Waals surface area contributed by atoms with Crippen molar-refractivity contribution in [1.29, 1.82) is 0 Å². The average Bonchev–Trinajstić information content (AvgIpc) is 3.45. The third kappa shape index (κ3) is 4.53. The van der Waals surface area contributed by atoms with E-state index in [9.17, 15) is 13.2 Å². The van der Waals surface area contributed by atoms with Crippen molar-refractivity contribution in [3.05, 3.63) is 53.1 Å². The Morgan fingerprint density at radius 2 is 1.61 bits per heavy atom. The number of nitrogens with one attached hydrogen (secondary N) is 1. The Bertz CT molecular complexity index is 1980. The molecule has 5 fully saturated rings. The van der Waals surface area contributed by atoms with Crippen molar-refractivity contribution in [2.75, 3.05) is 28.3 Å². The SMILES string of the molecule is COc1ccc2c(c1)[C@@H]1C[C@]1(C(=O)N1C3CCC1C1CCC3N1C)Cn1c-2c(C2CCCCC2)c2ccc(C(=O)NS(=O)(=O)N(C)C)cc21. The van der Waals surface area contributed by atoms with Gasteiger partial charge in [-0.25, -0.2) is 4.72 Å². The molecule has 5 heterocycles. The van der Waals surface area contributed by atoms with E-state index >= 15 is 4.79 Å². The van der Waals surface area contributed by atoms with E-state index in [-0.39, 0.29) is 23.6 Å². The van der Waals surface area contributed by atoms with Gasteiger partial charge in [-0.2, -0.15) is 12.7 Å². The fourth-order valence-electron chi connectivity index (χ4n) is 10.8. The van der Waals surface area contributed by atoms with Crippen LogP contribution in [0.1, 0.15) is 97.5 Å². The van der Waals surface area contributed by atoms with Gasteiger partial charge in [0.25, 0.3) is 5.91 Å². The van der Waals surface area contributed by atoms with E-state index in [1.807, 2.05) is 18.2 Å². The molecule has 2 saturated carbocycles. The largest absolute Gasteiger partial charge is 0.497 e. The molecule has 2 aromatic carbocycles. The molecule has 2 aliphatic carbocycles. The maximum absolute atomic E-state index is 15.3. The van der Waals surface area contributed by atoms with Crippen LogP contribution in [0.3, 0.4) is 0 Å². The monoisotopic (exact) mass is 685 g/mol. The lowest BCUT2D eigenvalue weighted by Crippen LogP contribution is -2.62. The molecule has 4 aliphatic heterocycles. The van der Waals surface area contributed by atoms with E-state index in [1.54, 1.807) is 13.2 Å². The fourth-order valence-corrected chi connectivity index (χ4v) is 11.3. The standard InChI is InChI=1S/C38H47N5O5S/c1-40(2)49(46,47)39-36(44)23-10-12-26-33(18-23)42-21-38(37(45)43-31-16-17-32(43)30-15-14-29(31)41(30)3)20-28(38)27-19-24(48-4)11-13-25(27)35(42)34(26)22-8-6-5-7-9-22/h10-13,18-19,22,28-32H,5-9,14-17,20-21H2,1-4H3,(H,39,44)/t28-,29?,30?,31?,32?,38-/m0/s1. The van der Waals surface area contributed by atoms with Crippen molar-refractivity contribution >= 4 is 32.9 Å². The normalized spacial score (nSPS) is 30.6. The number of benzene rings is 2. The van der Waals surface area contributed by atoms with Crippen molar-refractivity contribution in [1.82, 2.24) is 23.4 Å². The van der Waals surface area contributed by atoms with Gasteiger partial charge in [-0.1, -0.05) is 25.3 Å². The van der Waals surface area contributed by atoms with E-state index < -0.39 is 21.5 Å². The zero-order valence-corrected chi connectivity index (χ0v) is 29.8. The van der Waals surface area contributed by atoms with Crippen LogP contribution in [0, 0.1) is 5.41 Å². The molecule has 1 aromatic heterocycles. The summed E-state index contributed by atoms with van der Waals surface area (Å²) in [4.78, 5) is 33.6. The van der Waals surface area contributed by atoms with Gasteiger partial charge in [0.15, 0.2) is 0 Å². The van der Waals surface area contributed by atoms with Crippen molar-refractivity contribution in [3.63, 3.8) is 0 Å². The number of hydrogen-bond donors (Lipinski definition) is 1. The van der Waals surface area contributed by atoms with Gasteiger partial charge in [0.1, 0.15) is 5.75 Å². The van der Waals surface area contributed by atoms with Crippen molar-refractivity contribution in [3.8, 4) is 17.0 Å². The lowest BCUT2D eigenvalue weighted by Gasteiger charge is -2.46. The highest BCUT2D eigenvalue weighted by atomic mass is 32.2. The highest BCUT2D eigenvalue weighted by Crippen LogP contribution is 2.67. The number of hydrogen-bond acceptors (Lipinski definition) is 6. The Balaban J connectivity index is 1.23. The molecule has 3 aromatic rings. The Labute approximate surface area is 288 Å². The third-order valence-corrected chi connectivity index (χ3v) is 14.7. The number of piperazine rings is 1. The summed E-state index contributed by atoms with van der Waals surface area (Å²) in [5.41, 5.74) is 5.38. The third-order valence-electron chi connectivity index (χ3n) is 13.3. The molecule has 4 bridgehead atoms. The molecule has 0 spiro atoms. The van der Waals surface area contributed by atoms with Gasteiger partial charge in [0.2, 0.25) is 5.91 Å². The number of methoxy groups -OCH3 is 1. The Hall–Kier alpha value is -3.41. The lowest BCUT2D eigenvalue weighted by molar-refractivity contribution is -0.146. The number of carbonyl (C=O) groups is 2. The van der Waals surface area contributed by atoms with Gasteiger partial charge in [0, 0.05) is 72.8 Å². The summed E-state index contributed by atoms with van der Waals surface area (Å²) in [6.45, 7) is 0.536. The summed E-state index contributed by atoms with van der Waals surface area (Å²) in [6, 6.07) is 13.4. The van der Waals surface area contributed by atoms with Crippen LogP contribution >= 0.6 is 0 Å². The number of fused-ring (bicyclic) bond motifs is 13. The first kappa shape index (κ1) is 31.6. The molecule has 6 aliphatic rings. The molecule has 6 atom stereocenters. The molecule has 10 nitrogen and oxygen atoms in total. The van der Waals surface area contributed by atoms with E-state index in [2.05, 4.69) is 38.3 Å². The zero-order chi connectivity index (χ0) is 34.0. The molecule has 2 amide bonds. The van der Waals surface area contributed by atoms with Crippen molar-refractivity contribution in [2.24, 2.45) is 5.41 Å². The number of likely N-dealkylation sites (N-methyl/N-ethyl adjacent to an activating group) is 1. The Morgan fingerprint density at radius 3 is 2.29 bits per heavy atom. The predicted octanol–water partition coefficient (Wildman–Crippen LogP) is 5.22. The molecule has 9 rings (SSSR count).